The SMILES string of the molecule is CC(=O)NCCc1ccn(C)n1. The maximum atomic E-state index is 10.5. The Balaban J connectivity index is 2.29. The Morgan fingerprint density at radius 3 is 3.00 bits per heavy atom. The number of amides is 1. The van der Waals surface area contributed by atoms with Crippen LogP contribution in [0.15, 0.2) is 12.3 Å². The first-order chi connectivity index (χ1) is 5.68. The highest BCUT2D eigenvalue weighted by Gasteiger charge is 1.96. The van der Waals surface area contributed by atoms with Gasteiger partial charge in [-0.25, -0.2) is 0 Å². The van der Waals surface area contributed by atoms with E-state index in [0.29, 0.717) is 6.54 Å². The van der Waals surface area contributed by atoms with Crippen molar-refractivity contribution in [1.82, 2.24) is 15.1 Å². The van der Waals surface area contributed by atoms with Crippen molar-refractivity contribution in [3.8, 4) is 0 Å². The number of nitrogens with zero attached hydrogens (tertiary/aromatic N) is 2. The molecule has 0 saturated carbocycles. The molecule has 1 N–H and O–H groups in total. The molecule has 0 aromatic carbocycles. The summed E-state index contributed by atoms with van der Waals surface area (Å²) in [5.74, 6) is 0.00549. The number of aromatic nitrogens is 2. The molecule has 0 radical (unpaired) electrons. The second kappa shape index (κ2) is 3.90. The Labute approximate surface area is 71.6 Å². The Morgan fingerprint density at radius 2 is 2.50 bits per heavy atom. The number of carbonyl (C=O) groups excluding carboxylic acids is 1. The molecule has 4 nitrogen and oxygen atoms in total. The Hall–Kier alpha value is -1.32. The van der Waals surface area contributed by atoms with E-state index in [2.05, 4.69) is 10.4 Å². The largest absolute Gasteiger partial charge is 0.356 e. The van der Waals surface area contributed by atoms with Gasteiger partial charge >= 0.3 is 0 Å². The van der Waals surface area contributed by atoms with Gasteiger partial charge in [-0.2, -0.15) is 5.10 Å². The molecule has 0 aliphatic carbocycles. The van der Waals surface area contributed by atoms with Crippen LogP contribution in [-0.2, 0) is 18.3 Å². The summed E-state index contributed by atoms with van der Waals surface area (Å²) in [6, 6.07) is 1.95. The average molecular weight is 167 g/mol. The van der Waals surface area contributed by atoms with Crippen LogP contribution in [0.25, 0.3) is 0 Å². The molecule has 0 bridgehead atoms. The molecule has 1 aromatic rings. The number of rotatable bonds is 3. The summed E-state index contributed by atoms with van der Waals surface area (Å²) < 4.78 is 1.75. The zero-order chi connectivity index (χ0) is 8.97. The van der Waals surface area contributed by atoms with Crippen LogP contribution in [0.5, 0.6) is 0 Å². The number of aryl methyl sites for hydroxylation is 1. The number of nitrogens with one attached hydrogen (secondary N) is 1. The molecular weight excluding hydrogens is 154 g/mol. The van der Waals surface area contributed by atoms with Gasteiger partial charge in [-0.05, 0) is 6.07 Å². The van der Waals surface area contributed by atoms with E-state index >= 15 is 0 Å². The first-order valence-electron chi connectivity index (χ1n) is 3.91. The highest BCUT2D eigenvalue weighted by molar-refractivity contribution is 5.72. The summed E-state index contributed by atoms with van der Waals surface area (Å²) in [5, 5.41) is 6.89. The predicted octanol–water partition coefficient (Wildman–Crippen LogP) is 0.0987. The van der Waals surface area contributed by atoms with Gasteiger partial charge in [0.2, 0.25) is 5.91 Å². The van der Waals surface area contributed by atoms with Gasteiger partial charge in [-0.3, -0.25) is 9.48 Å². The predicted molar refractivity (Wildman–Crippen MR) is 45.6 cm³/mol. The molecular formula is C8H13N3O. The van der Waals surface area contributed by atoms with Crippen molar-refractivity contribution in [2.75, 3.05) is 6.54 Å². The van der Waals surface area contributed by atoms with E-state index in [1.807, 2.05) is 19.3 Å². The third-order valence-electron chi connectivity index (χ3n) is 1.52. The third-order valence-corrected chi connectivity index (χ3v) is 1.52. The molecule has 0 aliphatic rings. The van der Waals surface area contributed by atoms with E-state index in [1.54, 1.807) is 4.68 Å². The minimum absolute atomic E-state index is 0.00549. The van der Waals surface area contributed by atoms with Crippen molar-refractivity contribution in [1.29, 1.82) is 0 Å². The van der Waals surface area contributed by atoms with Crippen LogP contribution < -0.4 is 5.32 Å². The minimum atomic E-state index is 0.00549. The summed E-state index contributed by atoms with van der Waals surface area (Å²) in [5.41, 5.74) is 1.01. The summed E-state index contributed by atoms with van der Waals surface area (Å²) >= 11 is 0. The van der Waals surface area contributed by atoms with E-state index in [1.165, 1.54) is 6.92 Å². The van der Waals surface area contributed by atoms with Crippen LogP contribution >= 0.6 is 0 Å². The van der Waals surface area contributed by atoms with Gasteiger partial charge in [0.1, 0.15) is 0 Å². The van der Waals surface area contributed by atoms with Crippen molar-refractivity contribution in [2.24, 2.45) is 7.05 Å². The van der Waals surface area contributed by atoms with Gasteiger partial charge in [0, 0.05) is 33.1 Å². The Morgan fingerprint density at radius 1 is 1.75 bits per heavy atom. The molecule has 0 atom stereocenters. The highest BCUT2D eigenvalue weighted by Crippen LogP contribution is 1.93. The lowest BCUT2D eigenvalue weighted by molar-refractivity contribution is -0.118. The van der Waals surface area contributed by atoms with Crippen molar-refractivity contribution in [3.63, 3.8) is 0 Å². The van der Waals surface area contributed by atoms with Gasteiger partial charge in [0.05, 0.1) is 5.69 Å². The minimum Gasteiger partial charge on any atom is -0.356 e. The topological polar surface area (TPSA) is 46.9 Å². The van der Waals surface area contributed by atoms with Crippen LogP contribution in [0, 0.1) is 0 Å². The first kappa shape index (κ1) is 8.77. The van der Waals surface area contributed by atoms with Crippen molar-refractivity contribution in [2.45, 2.75) is 13.3 Å². The molecule has 1 heterocycles. The second-order valence-corrected chi connectivity index (χ2v) is 2.71. The maximum Gasteiger partial charge on any atom is 0.216 e. The molecule has 12 heavy (non-hydrogen) atoms. The lowest BCUT2D eigenvalue weighted by Crippen LogP contribution is -2.22. The standard InChI is InChI=1S/C8H13N3O/c1-7(12)9-5-3-8-4-6-11(2)10-8/h4,6H,3,5H2,1-2H3,(H,9,12). The summed E-state index contributed by atoms with van der Waals surface area (Å²) in [6.45, 7) is 2.17. The van der Waals surface area contributed by atoms with Crippen LogP contribution in [0.1, 0.15) is 12.6 Å². The second-order valence-electron chi connectivity index (χ2n) is 2.71. The Kier molecular flexibility index (Phi) is 2.85. The molecule has 66 valence electrons. The van der Waals surface area contributed by atoms with Gasteiger partial charge in [-0.15, -0.1) is 0 Å². The number of hydrogen-bond donors (Lipinski definition) is 1. The van der Waals surface area contributed by atoms with Gasteiger partial charge in [-0.1, -0.05) is 0 Å². The smallest absolute Gasteiger partial charge is 0.216 e. The van der Waals surface area contributed by atoms with Gasteiger partial charge < -0.3 is 5.32 Å². The third kappa shape index (κ3) is 2.74. The lowest BCUT2D eigenvalue weighted by atomic mass is 10.3. The monoisotopic (exact) mass is 167 g/mol. The fraction of sp³-hybridized carbons (Fsp3) is 0.500. The lowest BCUT2D eigenvalue weighted by Gasteiger charge is -1.97. The zero-order valence-corrected chi connectivity index (χ0v) is 7.37. The zero-order valence-electron chi connectivity index (χ0n) is 7.37. The van der Waals surface area contributed by atoms with E-state index < -0.39 is 0 Å². The molecule has 0 unspecified atom stereocenters. The van der Waals surface area contributed by atoms with Crippen LogP contribution in [0.3, 0.4) is 0 Å². The number of carbonyl (C=O) groups is 1. The molecule has 1 amide bonds. The van der Waals surface area contributed by atoms with Crippen LogP contribution in [0.2, 0.25) is 0 Å². The molecule has 0 aliphatic heterocycles. The van der Waals surface area contributed by atoms with E-state index in [-0.39, 0.29) is 5.91 Å². The fourth-order valence-electron chi connectivity index (χ4n) is 0.963. The highest BCUT2D eigenvalue weighted by atomic mass is 16.1. The fourth-order valence-corrected chi connectivity index (χ4v) is 0.963. The maximum absolute atomic E-state index is 10.5. The van der Waals surface area contributed by atoms with E-state index in [4.69, 9.17) is 0 Å². The number of hydrogen-bond acceptors (Lipinski definition) is 2. The first-order valence-corrected chi connectivity index (χ1v) is 3.91. The average Bonchev–Trinajstić information content (AvgIpc) is 2.35. The van der Waals surface area contributed by atoms with Crippen molar-refractivity contribution >= 4 is 5.91 Å². The Bertz CT molecular complexity index is 267. The summed E-state index contributed by atoms with van der Waals surface area (Å²) in [7, 11) is 1.88. The van der Waals surface area contributed by atoms with E-state index in [9.17, 15) is 4.79 Å². The quantitative estimate of drug-likeness (QED) is 0.694. The molecule has 0 fully saturated rings. The van der Waals surface area contributed by atoms with Crippen LogP contribution in [-0.4, -0.2) is 22.2 Å². The molecule has 4 heteroatoms. The molecule has 0 spiro atoms. The van der Waals surface area contributed by atoms with Crippen LogP contribution in [0.4, 0.5) is 0 Å². The van der Waals surface area contributed by atoms with Crippen molar-refractivity contribution in [3.05, 3.63) is 18.0 Å². The van der Waals surface area contributed by atoms with E-state index in [0.717, 1.165) is 12.1 Å². The van der Waals surface area contributed by atoms with Crippen molar-refractivity contribution < 1.29 is 4.79 Å². The normalized spacial score (nSPS) is 9.83. The molecule has 1 rings (SSSR count). The van der Waals surface area contributed by atoms with Gasteiger partial charge in [0.25, 0.3) is 0 Å². The molecule has 1 aromatic heterocycles. The summed E-state index contributed by atoms with van der Waals surface area (Å²) in [6.07, 6.45) is 2.68. The summed E-state index contributed by atoms with van der Waals surface area (Å²) in [4.78, 5) is 10.5. The molecule has 0 saturated heterocycles. The van der Waals surface area contributed by atoms with Gasteiger partial charge in [0.15, 0.2) is 0 Å².